The second-order valence-corrected chi connectivity index (χ2v) is 4.28. The van der Waals surface area contributed by atoms with Crippen molar-refractivity contribution < 1.29 is 19.8 Å². The Morgan fingerprint density at radius 3 is 2.81 bits per heavy atom. The molecule has 1 atom stereocenters. The van der Waals surface area contributed by atoms with Gasteiger partial charge in [0.05, 0.1) is 6.42 Å². The summed E-state index contributed by atoms with van der Waals surface area (Å²) in [6.45, 7) is 0.164. The summed E-state index contributed by atoms with van der Waals surface area (Å²) in [4.78, 5) is 22.6. The molecule has 0 bridgehead atoms. The van der Waals surface area contributed by atoms with Gasteiger partial charge < -0.3 is 15.5 Å². The van der Waals surface area contributed by atoms with Crippen molar-refractivity contribution in [2.45, 2.75) is 18.9 Å². The lowest BCUT2D eigenvalue weighted by Gasteiger charge is -2.06. The van der Waals surface area contributed by atoms with Crippen LogP contribution in [0, 0.1) is 0 Å². The predicted molar refractivity (Wildman–Crippen MR) is 59.3 cm³/mol. The molecule has 1 heterocycles. The maximum absolute atomic E-state index is 11.3. The Morgan fingerprint density at radius 1 is 1.50 bits per heavy atom. The van der Waals surface area contributed by atoms with Gasteiger partial charge in [0.25, 0.3) is 0 Å². The maximum Gasteiger partial charge on any atom is 0.332 e. The molecule has 0 spiro atoms. The van der Waals surface area contributed by atoms with Crippen LogP contribution in [0.1, 0.15) is 11.3 Å². The Balaban J connectivity index is 2.18. The molecule has 1 rings (SSSR count). The fourth-order valence-corrected chi connectivity index (χ4v) is 1.81. The third-order valence-corrected chi connectivity index (χ3v) is 2.82. The number of hydrogen-bond donors (Lipinski definition) is 3. The Hall–Kier alpha value is -1.40. The van der Waals surface area contributed by atoms with Crippen molar-refractivity contribution in [1.82, 2.24) is 5.32 Å². The van der Waals surface area contributed by atoms with Gasteiger partial charge in [-0.15, -0.1) is 11.3 Å². The molecule has 0 aliphatic rings. The molecule has 0 saturated heterocycles. The number of nitrogens with one attached hydrogen (secondary N) is 1. The highest BCUT2D eigenvalue weighted by atomic mass is 32.1. The number of aliphatic carboxylic acids is 1. The first-order valence-electron chi connectivity index (χ1n) is 4.79. The summed E-state index contributed by atoms with van der Waals surface area (Å²) in [6, 6.07) is 3.72. The smallest absolute Gasteiger partial charge is 0.332 e. The van der Waals surface area contributed by atoms with Crippen LogP contribution < -0.4 is 5.32 Å². The summed E-state index contributed by atoms with van der Waals surface area (Å²) in [7, 11) is 0. The minimum absolute atomic E-state index is 0.0194. The SMILES string of the molecule is O=C(Cc1cccs1)NCC[C@H](O)C(=O)O. The van der Waals surface area contributed by atoms with Crippen molar-refractivity contribution in [3.05, 3.63) is 22.4 Å². The molecule has 0 aliphatic heterocycles. The monoisotopic (exact) mass is 243 g/mol. The van der Waals surface area contributed by atoms with E-state index >= 15 is 0 Å². The highest BCUT2D eigenvalue weighted by molar-refractivity contribution is 7.10. The molecule has 5 nitrogen and oxygen atoms in total. The summed E-state index contributed by atoms with van der Waals surface area (Å²) >= 11 is 1.49. The van der Waals surface area contributed by atoms with E-state index in [9.17, 15) is 9.59 Å². The van der Waals surface area contributed by atoms with Gasteiger partial charge in [-0.2, -0.15) is 0 Å². The quantitative estimate of drug-likeness (QED) is 0.668. The van der Waals surface area contributed by atoms with Gasteiger partial charge in [0, 0.05) is 17.8 Å². The summed E-state index contributed by atoms with van der Waals surface area (Å²) in [6.07, 6.45) is -1.10. The summed E-state index contributed by atoms with van der Waals surface area (Å²) in [5.74, 6) is -1.44. The number of thiophene rings is 1. The normalized spacial score (nSPS) is 12.1. The van der Waals surface area contributed by atoms with Crippen LogP contribution in [-0.4, -0.2) is 34.7 Å². The Morgan fingerprint density at radius 2 is 2.25 bits per heavy atom. The molecule has 1 aromatic heterocycles. The molecule has 6 heteroatoms. The first-order chi connectivity index (χ1) is 7.59. The molecule has 1 aromatic rings. The van der Waals surface area contributed by atoms with E-state index in [0.29, 0.717) is 6.42 Å². The first-order valence-corrected chi connectivity index (χ1v) is 5.67. The van der Waals surface area contributed by atoms with Gasteiger partial charge in [-0.25, -0.2) is 4.79 Å². The molecular weight excluding hydrogens is 230 g/mol. The van der Waals surface area contributed by atoms with Crippen molar-refractivity contribution in [2.75, 3.05) is 6.54 Å². The van der Waals surface area contributed by atoms with Gasteiger partial charge in [-0.3, -0.25) is 4.79 Å². The molecule has 1 amide bonds. The Bertz CT molecular complexity index is 350. The van der Waals surface area contributed by atoms with E-state index in [1.54, 1.807) is 0 Å². The van der Waals surface area contributed by atoms with Crippen molar-refractivity contribution in [2.24, 2.45) is 0 Å². The number of aliphatic hydroxyl groups excluding tert-OH is 1. The minimum Gasteiger partial charge on any atom is -0.479 e. The molecular formula is C10H13NO4S. The third kappa shape index (κ3) is 4.41. The third-order valence-electron chi connectivity index (χ3n) is 1.94. The molecule has 0 fully saturated rings. The number of carboxylic acid groups (broad SMARTS) is 1. The highest BCUT2D eigenvalue weighted by Crippen LogP contribution is 2.08. The molecule has 88 valence electrons. The van der Waals surface area contributed by atoms with Crippen LogP contribution in [0.2, 0.25) is 0 Å². The van der Waals surface area contributed by atoms with Gasteiger partial charge in [0.1, 0.15) is 0 Å². The minimum atomic E-state index is -1.41. The fourth-order valence-electron chi connectivity index (χ4n) is 1.11. The van der Waals surface area contributed by atoms with Crippen molar-refractivity contribution >= 4 is 23.2 Å². The van der Waals surface area contributed by atoms with E-state index < -0.39 is 12.1 Å². The van der Waals surface area contributed by atoms with Crippen LogP contribution in [0.15, 0.2) is 17.5 Å². The van der Waals surface area contributed by atoms with Gasteiger partial charge in [0.2, 0.25) is 5.91 Å². The number of carbonyl (C=O) groups excluding carboxylic acids is 1. The molecule has 0 aromatic carbocycles. The van der Waals surface area contributed by atoms with E-state index in [1.165, 1.54) is 11.3 Å². The number of carboxylic acids is 1. The average Bonchev–Trinajstić information content (AvgIpc) is 2.70. The number of rotatable bonds is 6. The van der Waals surface area contributed by atoms with Crippen LogP contribution >= 0.6 is 11.3 Å². The van der Waals surface area contributed by atoms with Crippen LogP contribution in [-0.2, 0) is 16.0 Å². The topological polar surface area (TPSA) is 86.6 Å². The Kier molecular flexibility index (Phi) is 4.94. The van der Waals surface area contributed by atoms with E-state index in [-0.39, 0.29) is 18.9 Å². The lowest BCUT2D eigenvalue weighted by atomic mass is 10.2. The molecule has 0 unspecified atom stereocenters. The molecule has 0 saturated carbocycles. The largest absolute Gasteiger partial charge is 0.479 e. The van der Waals surface area contributed by atoms with E-state index in [2.05, 4.69) is 5.32 Å². The van der Waals surface area contributed by atoms with Crippen LogP contribution in [0.5, 0.6) is 0 Å². The van der Waals surface area contributed by atoms with Crippen molar-refractivity contribution in [3.63, 3.8) is 0 Å². The summed E-state index contributed by atoms with van der Waals surface area (Å²) < 4.78 is 0. The molecule has 16 heavy (non-hydrogen) atoms. The summed E-state index contributed by atoms with van der Waals surface area (Å²) in [5.41, 5.74) is 0. The zero-order chi connectivity index (χ0) is 12.0. The maximum atomic E-state index is 11.3. The zero-order valence-electron chi connectivity index (χ0n) is 8.55. The fraction of sp³-hybridized carbons (Fsp3) is 0.400. The zero-order valence-corrected chi connectivity index (χ0v) is 9.37. The van der Waals surface area contributed by atoms with Crippen LogP contribution in [0.25, 0.3) is 0 Å². The van der Waals surface area contributed by atoms with E-state index in [0.717, 1.165) is 4.88 Å². The number of carbonyl (C=O) groups is 2. The van der Waals surface area contributed by atoms with Gasteiger partial charge in [-0.1, -0.05) is 6.07 Å². The van der Waals surface area contributed by atoms with Crippen molar-refractivity contribution in [1.29, 1.82) is 0 Å². The first kappa shape index (κ1) is 12.7. The van der Waals surface area contributed by atoms with Crippen molar-refractivity contribution in [3.8, 4) is 0 Å². The standard InChI is InChI=1S/C10H13NO4S/c12-8(10(14)15)3-4-11-9(13)6-7-2-1-5-16-7/h1-2,5,8,12H,3-4,6H2,(H,11,13)(H,14,15)/t8-/m0/s1. The molecule has 0 aliphatic carbocycles. The number of aliphatic hydroxyl groups is 1. The highest BCUT2D eigenvalue weighted by Gasteiger charge is 2.12. The summed E-state index contributed by atoms with van der Waals surface area (Å²) in [5, 5.41) is 21.8. The molecule has 0 radical (unpaired) electrons. The van der Waals surface area contributed by atoms with E-state index in [4.69, 9.17) is 10.2 Å². The Labute approximate surface area is 96.7 Å². The predicted octanol–water partition coefficient (Wildman–Crippen LogP) is 0.242. The number of amides is 1. The van der Waals surface area contributed by atoms with Crippen LogP contribution in [0.4, 0.5) is 0 Å². The molecule has 3 N–H and O–H groups in total. The lowest BCUT2D eigenvalue weighted by molar-refractivity contribution is -0.147. The number of hydrogen-bond acceptors (Lipinski definition) is 4. The second-order valence-electron chi connectivity index (χ2n) is 3.25. The van der Waals surface area contributed by atoms with Gasteiger partial charge in [0.15, 0.2) is 6.10 Å². The van der Waals surface area contributed by atoms with E-state index in [1.807, 2.05) is 17.5 Å². The van der Waals surface area contributed by atoms with Gasteiger partial charge >= 0.3 is 5.97 Å². The average molecular weight is 243 g/mol. The lowest BCUT2D eigenvalue weighted by Crippen LogP contribution is -2.30. The van der Waals surface area contributed by atoms with Gasteiger partial charge in [-0.05, 0) is 11.4 Å². The second kappa shape index (κ2) is 6.24. The van der Waals surface area contributed by atoms with Crippen LogP contribution in [0.3, 0.4) is 0 Å².